The van der Waals surface area contributed by atoms with E-state index in [9.17, 15) is 9.18 Å². The van der Waals surface area contributed by atoms with Gasteiger partial charge in [0, 0.05) is 17.6 Å². The highest BCUT2D eigenvalue weighted by atomic mass is 19.1. The van der Waals surface area contributed by atoms with Gasteiger partial charge in [0.2, 0.25) is 0 Å². The molecule has 3 N–H and O–H groups in total. The van der Waals surface area contributed by atoms with Crippen LogP contribution in [0.4, 0.5) is 4.39 Å². The third-order valence-corrected chi connectivity index (χ3v) is 3.55. The van der Waals surface area contributed by atoms with E-state index in [1.807, 2.05) is 0 Å². The maximum atomic E-state index is 13.5. The first-order valence-electron chi connectivity index (χ1n) is 6.52. The van der Waals surface area contributed by atoms with E-state index in [-0.39, 0.29) is 29.3 Å². The number of ether oxygens (including phenoxy) is 1. The highest BCUT2D eigenvalue weighted by Gasteiger charge is 2.23. The van der Waals surface area contributed by atoms with Crippen LogP contribution >= 0.6 is 0 Å². The average molecular weight is 266 g/mol. The lowest BCUT2D eigenvalue weighted by atomic mass is 9.91. The molecule has 0 radical (unpaired) electrons. The molecular weight excluding hydrogens is 247 g/mol. The molecule has 1 aliphatic rings. The largest absolute Gasteiger partial charge is 0.494 e. The number of halogens is 1. The predicted molar refractivity (Wildman–Crippen MR) is 70.6 cm³/mol. The van der Waals surface area contributed by atoms with Crippen LogP contribution in [0.3, 0.4) is 0 Å². The highest BCUT2D eigenvalue weighted by Crippen LogP contribution is 2.20. The monoisotopic (exact) mass is 266 g/mol. The van der Waals surface area contributed by atoms with Crippen LogP contribution < -0.4 is 15.8 Å². The standard InChI is InChI=1S/C14H19FN2O2/c1-19-13-7-6-9(8-10(13)15)14(18)17-12-5-3-2-4-11(12)16/h6-8,11-12H,2-5,16H2,1H3,(H,17,18). The fourth-order valence-corrected chi connectivity index (χ4v) is 2.40. The normalized spacial score (nSPS) is 22.9. The minimum Gasteiger partial charge on any atom is -0.494 e. The Labute approximate surface area is 112 Å². The number of nitrogens with two attached hydrogens (primary N) is 1. The van der Waals surface area contributed by atoms with Crippen LogP contribution in [0.2, 0.25) is 0 Å². The number of nitrogens with one attached hydrogen (secondary N) is 1. The van der Waals surface area contributed by atoms with Crippen molar-refractivity contribution in [3.63, 3.8) is 0 Å². The van der Waals surface area contributed by atoms with E-state index >= 15 is 0 Å². The lowest BCUT2D eigenvalue weighted by Gasteiger charge is -2.29. The summed E-state index contributed by atoms with van der Waals surface area (Å²) in [4.78, 5) is 12.0. The van der Waals surface area contributed by atoms with Gasteiger partial charge in [0.25, 0.3) is 5.91 Å². The van der Waals surface area contributed by atoms with Crippen molar-refractivity contribution in [2.75, 3.05) is 7.11 Å². The second-order valence-corrected chi connectivity index (χ2v) is 4.88. The molecule has 104 valence electrons. The Kier molecular flexibility index (Phi) is 4.37. The van der Waals surface area contributed by atoms with Crippen LogP contribution in [0, 0.1) is 5.82 Å². The summed E-state index contributed by atoms with van der Waals surface area (Å²) in [5.74, 6) is -0.696. The molecule has 2 rings (SSSR count). The van der Waals surface area contributed by atoms with Gasteiger partial charge in [-0.05, 0) is 31.0 Å². The van der Waals surface area contributed by atoms with Crippen molar-refractivity contribution in [3.8, 4) is 5.75 Å². The molecule has 0 saturated heterocycles. The minimum atomic E-state index is -0.539. The molecule has 0 aromatic heterocycles. The molecule has 1 aromatic carbocycles. The Bertz CT molecular complexity index is 465. The van der Waals surface area contributed by atoms with E-state index in [0.29, 0.717) is 0 Å². The van der Waals surface area contributed by atoms with Gasteiger partial charge >= 0.3 is 0 Å². The third-order valence-electron chi connectivity index (χ3n) is 3.55. The predicted octanol–water partition coefficient (Wildman–Crippen LogP) is 1.83. The second kappa shape index (κ2) is 6.02. The van der Waals surface area contributed by atoms with Gasteiger partial charge in [0.1, 0.15) is 0 Å². The van der Waals surface area contributed by atoms with Crippen LogP contribution in [0.15, 0.2) is 18.2 Å². The fraction of sp³-hybridized carbons (Fsp3) is 0.500. The van der Waals surface area contributed by atoms with Gasteiger partial charge in [-0.15, -0.1) is 0 Å². The summed E-state index contributed by atoms with van der Waals surface area (Å²) in [5, 5.41) is 2.88. The Morgan fingerprint density at radius 1 is 1.42 bits per heavy atom. The molecule has 5 heteroatoms. The molecule has 0 spiro atoms. The molecule has 1 aliphatic carbocycles. The van der Waals surface area contributed by atoms with Crippen molar-refractivity contribution in [1.82, 2.24) is 5.32 Å². The number of rotatable bonds is 3. The van der Waals surface area contributed by atoms with Gasteiger partial charge in [0.15, 0.2) is 11.6 Å². The Morgan fingerprint density at radius 2 is 2.16 bits per heavy atom. The summed E-state index contributed by atoms with van der Waals surface area (Å²) in [6.07, 6.45) is 3.97. The Morgan fingerprint density at radius 3 is 2.79 bits per heavy atom. The average Bonchev–Trinajstić information content (AvgIpc) is 2.41. The zero-order valence-corrected chi connectivity index (χ0v) is 11.0. The summed E-state index contributed by atoms with van der Waals surface area (Å²) in [6.45, 7) is 0. The number of hydrogen-bond acceptors (Lipinski definition) is 3. The highest BCUT2D eigenvalue weighted by molar-refractivity contribution is 5.94. The number of carbonyl (C=O) groups excluding carboxylic acids is 1. The second-order valence-electron chi connectivity index (χ2n) is 4.88. The van der Waals surface area contributed by atoms with E-state index < -0.39 is 5.82 Å². The van der Waals surface area contributed by atoms with E-state index in [1.54, 1.807) is 6.07 Å². The topological polar surface area (TPSA) is 64.3 Å². The van der Waals surface area contributed by atoms with Crippen LogP contribution in [-0.2, 0) is 0 Å². The Balaban J connectivity index is 2.05. The molecule has 4 nitrogen and oxygen atoms in total. The Hall–Kier alpha value is -1.62. The molecule has 19 heavy (non-hydrogen) atoms. The summed E-state index contributed by atoms with van der Waals surface area (Å²) in [7, 11) is 1.39. The van der Waals surface area contributed by atoms with Crippen molar-refractivity contribution in [2.45, 2.75) is 37.8 Å². The molecule has 2 unspecified atom stereocenters. The molecule has 0 bridgehead atoms. The van der Waals surface area contributed by atoms with Crippen molar-refractivity contribution in [1.29, 1.82) is 0 Å². The molecule has 1 saturated carbocycles. The van der Waals surface area contributed by atoms with E-state index in [4.69, 9.17) is 10.5 Å². The first kappa shape index (κ1) is 13.8. The van der Waals surface area contributed by atoms with Gasteiger partial charge in [-0.2, -0.15) is 0 Å². The number of carbonyl (C=O) groups is 1. The zero-order chi connectivity index (χ0) is 13.8. The molecule has 0 aliphatic heterocycles. The number of hydrogen-bond donors (Lipinski definition) is 2. The van der Waals surface area contributed by atoms with E-state index in [0.717, 1.165) is 25.7 Å². The molecule has 2 atom stereocenters. The van der Waals surface area contributed by atoms with Gasteiger partial charge in [-0.1, -0.05) is 12.8 Å². The van der Waals surface area contributed by atoms with Gasteiger partial charge in [-0.3, -0.25) is 4.79 Å². The quantitative estimate of drug-likeness (QED) is 0.877. The van der Waals surface area contributed by atoms with Crippen molar-refractivity contribution in [3.05, 3.63) is 29.6 Å². The van der Waals surface area contributed by atoms with Crippen molar-refractivity contribution < 1.29 is 13.9 Å². The van der Waals surface area contributed by atoms with Crippen LogP contribution in [0.1, 0.15) is 36.0 Å². The van der Waals surface area contributed by atoms with Gasteiger partial charge < -0.3 is 15.8 Å². The molecule has 1 aromatic rings. The number of amides is 1. The minimum absolute atomic E-state index is 0.0132. The SMILES string of the molecule is COc1ccc(C(=O)NC2CCCCC2N)cc1F. The molecular formula is C14H19FN2O2. The van der Waals surface area contributed by atoms with E-state index in [1.165, 1.54) is 19.2 Å². The first-order valence-corrected chi connectivity index (χ1v) is 6.52. The summed E-state index contributed by atoms with van der Waals surface area (Å²) >= 11 is 0. The smallest absolute Gasteiger partial charge is 0.251 e. The maximum absolute atomic E-state index is 13.5. The lowest BCUT2D eigenvalue weighted by molar-refractivity contribution is 0.0920. The summed E-state index contributed by atoms with van der Waals surface area (Å²) in [5.41, 5.74) is 6.26. The summed E-state index contributed by atoms with van der Waals surface area (Å²) in [6, 6.07) is 4.14. The first-order chi connectivity index (χ1) is 9.11. The van der Waals surface area contributed by atoms with Crippen LogP contribution in [0.5, 0.6) is 5.75 Å². The maximum Gasteiger partial charge on any atom is 0.251 e. The zero-order valence-electron chi connectivity index (χ0n) is 11.0. The lowest BCUT2D eigenvalue weighted by Crippen LogP contribution is -2.49. The van der Waals surface area contributed by atoms with Gasteiger partial charge in [-0.25, -0.2) is 4.39 Å². The van der Waals surface area contributed by atoms with Crippen molar-refractivity contribution in [2.24, 2.45) is 5.73 Å². The molecule has 0 heterocycles. The number of methoxy groups -OCH3 is 1. The van der Waals surface area contributed by atoms with Gasteiger partial charge in [0.05, 0.1) is 7.11 Å². The fourth-order valence-electron chi connectivity index (χ4n) is 2.40. The van der Waals surface area contributed by atoms with Crippen molar-refractivity contribution >= 4 is 5.91 Å². The molecule has 1 amide bonds. The third kappa shape index (κ3) is 3.23. The van der Waals surface area contributed by atoms with E-state index in [2.05, 4.69) is 5.32 Å². The summed E-state index contributed by atoms with van der Waals surface area (Å²) < 4.78 is 18.4. The number of benzene rings is 1. The van der Waals surface area contributed by atoms with Crippen LogP contribution in [0.25, 0.3) is 0 Å². The van der Waals surface area contributed by atoms with Crippen LogP contribution in [-0.4, -0.2) is 25.1 Å². The molecule has 1 fully saturated rings.